The van der Waals surface area contributed by atoms with Crippen LogP contribution in [0.5, 0.6) is 0 Å². The normalized spacial score (nSPS) is 19.7. The van der Waals surface area contributed by atoms with Crippen LogP contribution in [0.1, 0.15) is 29.3 Å². The highest BCUT2D eigenvalue weighted by Crippen LogP contribution is 2.31. The SMILES string of the molecule is CC[C@@]1(c2ccccc2)NC(=O)N(NC(=O)c2ccc(F)cc2)C1=O. The number of rotatable bonds is 4. The first-order valence-electron chi connectivity index (χ1n) is 7.76. The average Bonchev–Trinajstić information content (AvgIpc) is 2.88. The highest BCUT2D eigenvalue weighted by Gasteiger charge is 2.52. The van der Waals surface area contributed by atoms with Crippen molar-refractivity contribution in [1.29, 1.82) is 0 Å². The second-order valence-corrected chi connectivity index (χ2v) is 5.64. The van der Waals surface area contributed by atoms with Crippen LogP contribution >= 0.6 is 0 Å². The van der Waals surface area contributed by atoms with E-state index in [2.05, 4.69) is 10.7 Å². The number of hydrazine groups is 1. The van der Waals surface area contributed by atoms with Crippen LogP contribution in [0.25, 0.3) is 0 Å². The lowest BCUT2D eigenvalue weighted by molar-refractivity contribution is -0.133. The molecule has 2 aromatic rings. The van der Waals surface area contributed by atoms with Crippen molar-refractivity contribution in [3.05, 3.63) is 71.5 Å². The number of benzene rings is 2. The Bertz CT molecular complexity index is 823. The predicted molar refractivity (Wildman–Crippen MR) is 87.7 cm³/mol. The molecule has 0 aliphatic carbocycles. The minimum atomic E-state index is -1.23. The van der Waals surface area contributed by atoms with Crippen LogP contribution < -0.4 is 10.7 Å². The number of imide groups is 1. The summed E-state index contributed by atoms with van der Waals surface area (Å²) in [6.45, 7) is 1.77. The Morgan fingerprint density at radius 1 is 1.12 bits per heavy atom. The second kappa shape index (κ2) is 6.35. The van der Waals surface area contributed by atoms with Gasteiger partial charge in [-0.15, -0.1) is 0 Å². The Morgan fingerprint density at radius 3 is 2.36 bits per heavy atom. The monoisotopic (exact) mass is 341 g/mol. The Hall–Kier alpha value is -3.22. The molecular weight excluding hydrogens is 325 g/mol. The molecule has 1 atom stereocenters. The standard InChI is InChI=1S/C18H16FN3O3/c1-2-18(13-6-4-3-5-7-13)16(24)22(17(25)20-18)21-15(23)12-8-10-14(19)11-9-12/h3-11H,2H2,1H3,(H,20,25)(H,21,23)/t18-/m0/s1. The zero-order chi connectivity index (χ0) is 18.0. The molecule has 0 unspecified atom stereocenters. The quantitative estimate of drug-likeness (QED) is 0.838. The van der Waals surface area contributed by atoms with Gasteiger partial charge >= 0.3 is 6.03 Å². The summed E-state index contributed by atoms with van der Waals surface area (Å²) < 4.78 is 13.0. The number of hydrogen-bond donors (Lipinski definition) is 2. The number of carbonyl (C=O) groups excluding carboxylic acids is 3. The van der Waals surface area contributed by atoms with Gasteiger partial charge in [-0.2, -0.15) is 5.01 Å². The second-order valence-electron chi connectivity index (χ2n) is 5.64. The third-order valence-corrected chi connectivity index (χ3v) is 4.21. The lowest BCUT2D eigenvalue weighted by Crippen LogP contribution is -2.48. The fourth-order valence-electron chi connectivity index (χ4n) is 2.81. The van der Waals surface area contributed by atoms with Crippen LogP contribution in [0.4, 0.5) is 9.18 Å². The van der Waals surface area contributed by atoms with E-state index in [1.165, 1.54) is 12.1 Å². The molecule has 2 N–H and O–H groups in total. The molecule has 3 rings (SSSR count). The number of nitrogens with one attached hydrogen (secondary N) is 2. The van der Waals surface area contributed by atoms with Crippen molar-refractivity contribution < 1.29 is 18.8 Å². The van der Waals surface area contributed by atoms with E-state index in [1.807, 2.05) is 6.07 Å². The number of carbonyl (C=O) groups is 3. The van der Waals surface area contributed by atoms with Gasteiger partial charge in [0.2, 0.25) is 0 Å². The maximum Gasteiger partial charge on any atom is 0.344 e. The van der Waals surface area contributed by atoms with Gasteiger partial charge in [-0.05, 0) is 36.2 Å². The molecule has 1 heterocycles. The van der Waals surface area contributed by atoms with Gasteiger partial charge in [0.25, 0.3) is 11.8 Å². The van der Waals surface area contributed by atoms with E-state index in [0.717, 1.165) is 12.1 Å². The number of nitrogens with zero attached hydrogens (tertiary/aromatic N) is 1. The summed E-state index contributed by atoms with van der Waals surface area (Å²) in [5, 5.41) is 3.33. The van der Waals surface area contributed by atoms with Crippen molar-refractivity contribution in [3.63, 3.8) is 0 Å². The van der Waals surface area contributed by atoms with Crippen molar-refractivity contribution in [2.75, 3.05) is 0 Å². The van der Waals surface area contributed by atoms with Crippen LogP contribution in [0.2, 0.25) is 0 Å². The van der Waals surface area contributed by atoms with Gasteiger partial charge < -0.3 is 5.32 Å². The van der Waals surface area contributed by atoms with Gasteiger partial charge in [0.1, 0.15) is 11.4 Å². The molecule has 2 aromatic carbocycles. The average molecular weight is 341 g/mol. The van der Waals surface area contributed by atoms with E-state index in [4.69, 9.17) is 0 Å². The summed E-state index contributed by atoms with van der Waals surface area (Å²) >= 11 is 0. The summed E-state index contributed by atoms with van der Waals surface area (Å²) in [5.74, 6) is -1.73. The maximum atomic E-state index is 13.0. The molecule has 0 radical (unpaired) electrons. The van der Waals surface area contributed by atoms with E-state index in [9.17, 15) is 18.8 Å². The first kappa shape index (κ1) is 16.6. The highest BCUT2D eigenvalue weighted by atomic mass is 19.1. The molecule has 0 bridgehead atoms. The first-order valence-corrected chi connectivity index (χ1v) is 7.76. The molecule has 0 spiro atoms. The predicted octanol–water partition coefficient (Wildman–Crippen LogP) is 2.33. The molecule has 1 aliphatic heterocycles. The molecule has 4 amide bonds. The van der Waals surface area contributed by atoms with Crippen LogP contribution in [0, 0.1) is 5.82 Å². The number of urea groups is 1. The van der Waals surface area contributed by atoms with Crippen molar-refractivity contribution >= 4 is 17.8 Å². The minimum absolute atomic E-state index is 0.135. The van der Waals surface area contributed by atoms with Gasteiger partial charge in [0.15, 0.2) is 0 Å². The molecule has 1 aliphatic rings. The molecule has 128 valence electrons. The molecule has 0 aromatic heterocycles. The lowest BCUT2D eigenvalue weighted by atomic mass is 9.87. The van der Waals surface area contributed by atoms with Gasteiger partial charge in [-0.1, -0.05) is 37.3 Å². The topological polar surface area (TPSA) is 78.5 Å². The Morgan fingerprint density at radius 2 is 1.76 bits per heavy atom. The van der Waals surface area contributed by atoms with E-state index >= 15 is 0 Å². The van der Waals surface area contributed by atoms with E-state index in [1.54, 1.807) is 31.2 Å². The summed E-state index contributed by atoms with van der Waals surface area (Å²) in [6.07, 6.45) is 0.324. The van der Waals surface area contributed by atoms with Crippen molar-refractivity contribution in [3.8, 4) is 0 Å². The van der Waals surface area contributed by atoms with E-state index in [-0.39, 0.29) is 5.56 Å². The summed E-state index contributed by atoms with van der Waals surface area (Å²) in [4.78, 5) is 37.4. The van der Waals surface area contributed by atoms with Crippen molar-refractivity contribution in [2.45, 2.75) is 18.9 Å². The minimum Gasteiger partial charge on any atom is -0.318 e. The van der Waals surface area contributed by atoms with E-state index in [0.29, 0.717) is 17.0 Å². The zero-order valence-corrected chi connectivity index (χ0v) is 13.5. The van der Waals surface area contributed by atoms with Gasteiger partial charge in [0, 0.05) is 5.56 Å². The fourth-order valence-corrected chi connectivity index (χ4v) is 2.81. The first-order chi connectivity index (χ1) is 12.0. The van der Waals surface area contributed by atoms with Crippen LogP contribution in [-0.2, 0) is 10.3 Å². The Balaban J connectivity index is 1.86. The van der Waals surface area contributed by atoms with Crippen molar-refractivity contribution in [1.82, 2.24) is 15.8 Å². The third kappa shape index (κ3) is 2.84. The number of hydrogen-bond acceptors (Lipinski definition) is 3. The smallest absolute Gasteiger partial charge is 0.318 e. The van der Waals surface area contributed by atoms with Gasteiger partial charge in [-0.3, -0.25) is 15.0 Å². The third-order valence-electron chi connectivity index (χ3n) is 4.21. The summed E-state index contributed by atoms with van der Waals surface area (Å²) in [6, 6.07) is 12.9. The molecule has 1 saturated heterocycles. The Labute approximate surface area is 143 Å². The summed E-state index contributed by atoms with van der Waals surface area (Å²) in [7, 11) is 0. The van der Waals surface area contributed by atoms with Gasteiger partial charge in [-0.25, -0.2) is 9.18 Å². The van der Waals surface area contributed by atoms with E-state index < -0.39 is 29.2 Å². The van der Waals surface area contributed by atoms with Crippen molar-refractivity contribution in [2.24, 2.45) is 0 Å². The molecular formula is C18H16FN3O3. The Kier molecular flexibility index (Phi) is 4.22. The summed E-state index contributed by atoms with van der Waals surface area (Å²) in [5.41, 5.74) is 1.82. The molecule has 25 heavy (non-hydrogen) atoms. The highest BCUT2D eigenvalue weighted by molar-refractivity contribution is 6.09. The lowest BCUT2D eigenvalue weighted by Gasteiger charge is -2.25. The van der Waals surface area contributed by atoms with Gasteiger partial charge in [0.05, 0.1) is 0 Å². The van der Waals surface area contributed by atoms with Crippen LogP contribution in [0.3, 0.4) is 0 Å². The molecule has 7 heteroatoms. The largest absolute Gasteiger partial charge is 0.344 e. The number of amides is 4. The molecule has 1 fully saturated rings. The van der Waals surface area contributed by atoms with Crippen LogP contribution in [0.15, 0.2) is 54.6 Å². The molecule has 0 saturated carbocycles. The fraction of sp³-hybridized carbons (Fsp3) is 0.167. The zero-order valence-electron chi connectivity index (χ0n) is 13.5. The maximum absolute atomic E-state index is 13.0. The number of halogens is 1. The van der Waals surface area contributed by atoms with Crippen LogP contribution in [-0.4, -0.2) is 22.9 Å². The molecule has 6 nitrogen and oxygen atoms in total.